The van der Waals surface area contributed by atoms with Crippen molar-refractivity contribution in [1.82, 2.24) is 4.98 Å². The van der Waals surface area contributed by atoms with Crippen LogP contribution in [0.15, 0.2) is 53.9 Å². The number of para-hydroxylation sites is 1. The number of hydrogen-bond acceptors (Lipinski definition) is 5. The van der Waals surface area contributed by atoms with Gasteiger partial charge in [0.05, 0.1) is 19.9 Å². The van der Waals surface area contributed by atoms with E-state index in [0.29, 0.717) is 29.5 Å². The normalized spacial score (nSPS) is 10.4. The van der Waals surface area contributed by atoms with Crippen LogP contribution in [0.25, 0.3) is 11.3 Å². The number of amides is 1. The molecular weight excluding hydrogens is 348 g/mol. The molecule has 1 aromatic heterocycles. The smallest absolute Gasteiger partial charge is 0.226 e. The molecule has 0 aliphatic carbocycles. The van der Waals surface area contributed by atoms with Gasteiger partial charge in [-0.1, -0.05) is 42.5 Å². The molecule has 0 saturated heterocycles. The number of methoxy groups -OCH3 is 2. The lowest BCUT2D eigenvalue weighted by Gasteiger charge is -2.12. The van der Waals surface area contributed by atoms with Crippen molar-refractivity contribution < 1.29 is 14.3 Å². The molecule has 0 aliphatic rings. The first-order chi connectivity index (χ1) is 12.7. The van der Waals surface area contributed by atoms with E-state index >= 15 is 0 Å². The lowest BCUT2D eigenvalue weighted by Crippen LogP contribution is -2.12. The first kappa shape index (κ1) is 17.9. The number of aryl methyl sites for hydroxylation is 1. The molecule has 0 bridgehead atoms. The van der Waals surface area contributed by atoms with E-state index in [1.165, 1.54) is 11.3 Å². The maximum atomic E-state index is 12.3. The van der Waals surface area contributed by atoms with Crippen molar-refractivity contribution in [2.75, 3.05) is 19.5 Å². The van der Waals surface area contributed by atoms with Crippen molar-refractivity contribution >= 4 is 22.4 Å². The lowest BCUT2D eigenvalue weighted by molar-refractivity contribution is -0.116. The summed E-state index contributed by atoms with van der Waals surface area (Å²) in [7, 11) is 3.20. The number of ether oxygens (including phenoxy) is 2. The largest absolute Gasteiger partial charge is 0.493 e. The number of anilines is 1. The van der Waals surface area contributed by atoms with E-state index < -0.39 is 0 Å². The van der Waals surface area contributed by atoms with E-state index in [1.54, 1.807) is 14.2 Å². The Morgan fingerprint density at radius 3 is 2.62 bits per heavy atom. The van der Waals surface area contributed by atoms with Crippen LogP contribution in [-0.4, -0.2) is 25.1 Å². The third-order valence-corrected chi connectivity index (χ3v) is 4.68. The van der Waals surface area contributed by atoms with Crippen molar-refractivity contribution in [1.29, 1.82) is 0 Å². The molecule has 0 radical (unpaired) electrons. The van der Waals surface area contributed by atoms with Crippen LogP contribution in [0.3, 0.4) is 0 Å². The molecule has 1 N–H and O–H groups in total. The highest BCUT2D eigenvalue weighted by Crippen LogP contribution is 2.31. The molecule has 0 fully saturated rings. The molecule has 2 aromatic carbocycles. The van der Waals surface area contributed by atoms with Crippen LogP contribution >= 0.6 is 11.3 Å². The topological polar surface area (TPSA) is 60.5 Å². The number of nitrogens with one attached hydrogen (secondary N) is 1. The molecule has 1 heterocycles. The molecular formula is C20H20N2O3S. The molecule has 3 rings (SSSR count). The van der Waals surface area contributed by atoms with Gasteiger partial charge in [0.1, 0.15) is 0 Å². The summed E-state index contributed by atoms with van der Waals surface area (Å²) >= 11 is 1.42. The van der Waals surface area contributed by atoms with Gasteiger partial charge >= 0.3 is 0 Å². The Labute approximate surface area is 156 Å². The Morgan fingerprint density at radius 1 is 1.08 bits per heavy atom. The summed E-state index contributed by atoms with van der Waals surface area (Å²) in [6.45, 7) is 0. The van der Waals surface area contributed by atoms with Gasteiger partial charge in [0.15, 0.2) is 16.6 Å². The highest BCUT2D eigenvalue weighted by molar-refractivity contribution is 7.14. The fourth-order valence-electron chi connectivity index (χ4n) is 2.65. The van der Waals surface area contributed by atoms with Crippen LogP contribution in [0.2, 0.25) is 0 Å². The van der Waals surface area contributed by atoms with Crippen LogP contribution in [-0.2, 0) is 11.2 Å². The summed E-state index contributed by atoms with van der Waals surface area (Å²) in [5.41, 5.74) is 2.83. The van der Waals surface area contributed by atoms with Gasteiger partial charge < -0.3 is 14.8 Å². The highest BCUT2D eigenvalue weighted by atomic mass is 32.1. The van der Waals surface area contributed by atoms with Crippen molar-refractivity contribution in [2.45, 2.75) is 12.8 Å². The van der Waals surface area contributed by atoms with Crippen LogP contribution in [0.4, 0.5) is 5.13 Å². The average molecular weight is 368 g/mol. The molecule has 0 aliphatic heterocycles. The summed E-state index contributed by atoms with van der Waals surface area (Å²) in [5, 5.41) is 5.41. The summed E-state index contributed by atoms with van der Waals surface area (Å²) in [6, 6.07) is 15.6. The monoisotopic (exact) mass is 368 g/mol. The highest BCUT2D eigenvalue weighted by Gasteiger charge is 2.12. The Kier molecular flexibility index (Phi) is 5.86. The van der Waals surface area contributed by atoms with Crippen molar-refractivity contribution in [3.05, 3.63) is 59.5 Å². The lowest BCUT2D eigenvalue weighted by atomic mass is 10.1. The third-order valence-electron chi connectivity index (χ3n) is 3.93. The number of carbonyl (C=O) groups excluding carboxylic acids is 1. The summed E-state index contributed by atoms with van der Waals surface area (Å²) in [4.78, 5) is 16.7. The van der Waals surface area contributed by atoms with E-state index in [9.17, 15) is 4.79 Å². The number of hydrogen-bond donors (Lipinski definition) is 1. The number of rotatable bonds is 7. The summed E-state index contributed by atoms with van der Waals surface area (Å²) < 4.78 is 10.7. The van der Waals surface area contributed by atoms with Crippen LogP contribution in [0.5, 0.6) is 11.5 Å². The van der Waals surface area contributed by atoms with Gasteiger partial charge in [-0.3, -0.25) is 4.79 Å². The zero-order valence-corrected chi connectivity index (χ0v) is 15.5. The summed E-state index contributed by atoms with van der Waals surface area (Å²) in [5.74, 6) is 1.25. The van der Waals surface area contributed by atoms with Gasteiger partial charge in [-0.2, -0.15) is 0 Å². The second-order valence-electron chi connectivity index (χ2n) is 5.60. The van der Waals surface area contributed by atoms with E-state index in [2.05, 4.69) is 10.3 Å². The zero-order chi connectivity index (χ0) is 18.4. The molecule has 1 amide bonds. The van der Waals surface area contributed by atoms with Crippen molar-refractivity contribution in [3.63, 3.8) is 0 Å². The number of thiazole rings is 1. The van der Waals surface area contributed by atoms with E-state index in [1.807, 2.05) is 53.9 Å². The molecule has 26 heavy (non-hydrogen) atoms. The van der Waals surface area contributed by atoms with Gasteiger partial charge in [-0.25, -0.2) is 4.98 Å². The minimum absolute atomic E-state index is 0.0798. The number of carbonyl (C=O) groups is 1. The quantitative estimate of drug-likeness (QED) is 0.671. The maximum absolute atomic E-state index is 12.3. The Hall–Kier alpha value is -2.86. The van der Waals surface area contributed by atoms with E-state index in [4.69, 9.17) is 9.47 Å². The number of benzene rings is 2. The van der Waals surface area contributed by atoms with Gasteiger partial charge in [0.2, 0.25) is 5.91 Å². The zero-order valence-electron chi connectivity index (χ0n) is 14.7. The third kappa shape index (κ3) is 4.21. The standard InChI is InChI=1S/C20H20N2O3S/c1-24-17-10-6-9-15(19(17)25-2)11-12-18(23)22-20-21-16(13-26-20)14-7-4-3-5-8-14/h3-10,13H,11-12H2,1-2H3,(H,21,22,23). The predicted octanol–water partition coefficient (Wildman–Crippen LogP) is 4.40. The van der Waals surface area contributed by atoms with Gasteiger partial charge in [-0.15, -0.1) is 11.3 Å². The van der Waals surface area contributed by atoms with Gasteiger partial charge in [-0.05, 0) is 18.1 Å². The fraction of sp³-hybridized carbons (Fsp3) is 0.200. The Bertz CT molecular complexity index is 878. The first-order valence-corrected chi connectivity index (χ1v) is 9.10. The fourth-order valence-corrected chi connectivity index (χ4v) is 3.39. The first-order valence-electron chi connectivity index (χ1n) is 8.22. The maximum Gasteiger partial charge on any atom is 0.226 e. The molecule has 6 heteroatoms. The van der Waals surface area contributed by atoms with Gasteiger partial charge in [0, 0.05) is 17.4 Å². The molecule has 0 spiro atoms. The van der Waals surface area contributed by atoms with Gasteiger partial charge in [0.25, 0.3) is 0 Å². The van der Waals surface area contributed by atoms with Crippen LogP contribution in [0, 0.1) is 0 Å². The Balaban J connectivity index is 1.61. The average Bonchev–Trinajstić information content (AvgIpc) is 3.15. The molecule has 5 nitrogen and oxygen atoms in total. The molecule has 0 atom stereocenters. The SMILES string of the molecule is COc1cccc(CCC(=O)Nc2nc(-c3ccccc3)cs2)c1OC. The van der Waals surface area contributed by atoms with E-state index in [0.717, 1.165) is 16.8 Å². The second-order valence-corrected chi connectivity index (χ2v) is 6.46. The minimum Gasteiger partial charge on any atom is -0.493 e. The minimum atomic E-state index is -0.0798. The number of aromatic nitrogens is 1. The predicted molar refractivity (Wildman–Crippen MR) is 104 cm³/mol. The Morgan fingerprint density at radius 2 is 1.88 bits per heavy atom. The molecule has 134 valence electrons. The van der Waals surface area contributed by atoms with Crippen molar-refractivity contribution in [3.8, 4) is 22.8 Å². The van der Waals surface area contributed by atoms with Crippen LogP contribution in [0.1, 0.15) is 12.0 Å². The van der Waals surface area contributed by atoms with Crippen LogP contribution < -0.4 is 14.8 Å². The van der Waals surface area contributed by atoms with E-state index in [-0.39, 0.29) is 5.91 Å². The second kappa shape index (κ2) is 8.49. The summed E-state index contributed by atoms with van der Waals surface area (Å²) in [6.07, 6.45) is 0.896. The van der Waals surface area contributed by atoms with Crippen molar-refractivity contribution in [2.24, 2.45) is 0 Å². The number of nitrogens with zero attached hydrogens (tertiary/aromatic N) is 1. The molecule has 0 unspecified atom stereocenters. The molecule has 0 saturated carbocycles. The molecule has 3 aromatic rings.